The molecule has 0 bridgehead atoms. The van der Waals surface area contributed by atoms with E-state index in [0.29, 0.717) is 12.5 Å². The summed E-state index contributed by atoms with van der Waals surface area (Å²) in [7, 11) is 1.99. The van der Waals surface area contributed by atoms with Crippen LogP contribution in [0.4, 0.5) is 5.13 Å². The Labute approximate surface area is 97.9 Å². The molecule has 86 valence electrons. The highest BCUT2D eigenvalue weighted by atomic mass is 32.1. The van der Waals surface area contributed by atoms with Crippen molar-refractivity contribution in [3.63, 3.8) is 0 Å². The highest BCUT2D eigenvalue weighted by Gasteiger charge is 2.08. The minimum Gasteiger partial charge on any atom is -0.350 e. The average Bonchev–Trinajstić information content (AvgIpc) is 2.94. The fraction of sp³-hybridized carbons (Fsp3) is 0.444. The predicted octanol–water partition coefficient (Wildman–Crippen LogP) is 0.509. The van der Waals surface area contributed by atoms with E-state index in [-0.39, 0.29) is 0 Å². The molecule has 0 amide bonds. The van der Waals surface area contributed by atoms with Gasteiger partial charge in [0, 0.05) is 37.5 Å². The van der Waals surface area contributed by atoms with E-state index in [1.54, 1.807) is 17.1 Å². The lowest BCUT2D eigenvalue weighted by molar-refractivity contribution is 0.791. The molecule has 0 aliphatic carbocycles. The van der Waals surface area contributed by atoms with E-state index in [2.05, 4.69) is 19.2 Å². The lowest BCUT2D eigenvalue weighted by Crippen LogP contribution is -2.20. The second kappa shape index (κ2) is 5.04. The van der Waals surface area contributed by atoms with Crippen molar-refractivity contribution in [2.24, 2.45) is 5.73 Å². The van der Waals surface area contributed by atoms with Crippen molar-refractivity contribution in [1.82, 2.24) is 18.9 Å². The normalized spacial score (nSPS) is 10.6. The summed E-state index contributed by atoms with van der Waals surface area (Å²) in [6.07, 6.45) is 6.17. The zero-order chi connectivity index (χ0) is 11.4. The molecule has 0 spiro atoms. The summed E-state index contributed by atoms with van der Waals surface area (Å²) in [5, 5.41) is 0.900. The van der Waals surface area contributed by atoms with Crippen LogP contribution in [0.25, 0.3) is 5.95 Å². The Kier molecular flexibility index (Phi) is 3.47. The summed E-state index contributed by atoms with van der Waals surface area (Å²) >= 11 is 1.38. The minimum absolute atomic E-state index is 0.664. The van der Waals surface area contributed by atoms with Crippen LogP contribution in [0.1, 0.15) is 6.42 Å². The van der Waals surface area contributed by atoms with Crippen LogP contribution >= 0.6 is 11.5 Å². The van der Waals surface area contributed by atoms with Gasteiger partial charge < -0.3 is 10.6 Å². The van der Waals surface area contributed by atoms with Crippen molar-refractivity contribution in [3.05, 3.63) is 18.7 Å². The third-order valence-corrected chi connectivity index (χ3v) is 2.98. The Bertz CT molecular complexity index is 423. The van der Waals surface area contributed by atoms with Crippen LogP contribution in [0.2, 0.25) is 0 Å². The molecule has 0 atom stereocenters. The van der Waals surface area contributed by atoms with Gasteiger partial charge in [0.25, 0.3) is 0 Å². The second-order valence-electron chi connectivity index (χ2n) is 3.41. The monoisotopic (exact) mass is 238 g/mol. The van der Waals surface area contributed by atoms with Gasteiger partial charge in [-0.3, -0.25) is 4.57 Å². The molecular weight excluding hydrogens is 224 g/mol. The Hall–Kier alpha value is -1.47. The van der Waals surface area contributed by atoms with Crippen molar-refractivity contribution < 1.29 is 0 Å². The van der Waals surface area contributed by atoms with E-state index < -0.39 is 0 Å². The molecular formula is C9H14N6S. The average molecular weight is 238 g/mol. The molecule has 0 saturated heterocycles. The first-order valence-corrected chi connectivity index (χ1v) is 5.82. The molecule has 0 unspecified atom stereocenters. The molecule has 0 aliphatic heterocycles. The Morgan fingerprint density at radius 1 is 1.56 bits per heavy atom. The van der Waals surface area contributed by atoms with E-state index in [4.69, 9.17) is 5.73 Å². The Balaban J connectivity index is 2.07. The van der Waals surface area contributed by atoms with Crippen molar-refractivity contribution >= 4 is 16.7 Å². The largest absolute Gasteiger partial charge is 0.350 e. The van der Waals surface area contributed by atoms with E-state index in [9.17, 15) is 0 Å². The number of anilines is 1. The number of nitrogens with zero attached hydrogens (tertiary/aromatic N) is 5. The van der Waals surface area contributed by atoms with Crippen LogP contribution in [-0.2, 0) is 0 Å². The molecule has 0 aromatic carbocycles. The summed E-state index contributed by atoms with van der Waals surface area (Å²) in [6, 6.07) is 0. The van der Waals surface area contributed by atoms with Gasteiger partial charge >= 0.3 is 0 Å². The maximum atomic E-state index is 5.47. The fourth-order valence-electron chi connectivity index (χ4n) is 1.27. The highest BCUT2D eigenvalue weighted by molar-refractivity contribution is 7.09. The molecule has 0 fully saturated rings. The first kappa shape index (κ1) is 11.0. The third-order valence-electron chi connectivity index (χ3n) is 2.16. The molecule has 16 heavy (non-hydrogen) atoms. The lowest BCUT2D eigenvalue weighted by Gasteiger charge is -2.13. The molecule has 0 aliphatic rings. The summed E-state index contributed by atoms with van der Waals surface area (Å²) in [5.41, 5.74) is 5.47. The molecule has 0 saturated carbocycles. The van der Waals surface area contributed by atoms with Gasteiger partial charge in [0.15, 0.2) is 0 Å². The van der Waals surface area contributed by atoms with Gasteiger partial charge in [0.1, 0.15) is 6.33 Å². The molecule has 2 heterocycles. The van der Waals surface area contributed by atoms with Crippen LogP contribution in [0.5, 0.6) is 0 Å². The number of nitrogens with two attached hydrogens (primary N) is 1. The van der Waals surface area contributed by atoms with Crippen molar-refractivity contribution in [1.29, 1.82) is 0 Å². The van der Waals surface area contributed by atoms with Crippen LogP contribution < -0.4 is 10.6 Å². The lowest BCUT2D eigenvalue weighted by atomic mass is 10.4. The van der Waals surface area contributed by atoms with Gasteiger partial charge in [-0.05, 0) is 13.0 Å². The van der Waals surface area contributed by atoms with Crippen molar-refractivity contribution in [2.45, 2.75) is 6.42 Å². The number of hydrogen-bond donors (Lipinski definition) is 1. The Morgan fingerprint density at radius 3 is 3.12 bits per heavy atom. The quantitative estimate of drug-likeness (QED) is 0.821. The molecule has 2 rings (SSSR count). The van der Waals surface area contributed by atoms with Gasteiger partial charge in [0.05, 0.1) is 0 Å². The highest BCUT2D eigenvalue weighted by Crippen LogP contribution is 2.17. The molecule has 2 aromatic heterocycles. The zero-order valence-corrected chi connectivity index (χ0v) is 9.89. The summed E-state index contributed by atoms with van der Waals surface area (Å²) in [6.45, 7) is 1.59. The number of aromatic nitrogens is 4. The summed E-state index contributed by atoms with van der Waals surface area (Å²) in [4.78, 5) is 10.4. The minimum atomic E-state index is 0.664. The van der Waals surface area contributed by atoms with E-state index >= 15 is 0 Å². The van der Waals surface area contributed by atoms with Crippen molar-refractivity contribution in [3.8, 4) is 5.95 Å². The SMILES string of the molecule is CN(CCCN)c1nc(-n2ccnc2)ns1. The van der Waals surface area contributed by atoms with Crippen LogP contribution in [0.3, 0.4) is 0 Å². The van der Waals surface area contributed by atoms with E-state index in [1.807, 2.05) is 13.2 Å². The van der Waals surface area contributed by atoms with E-state index in [0.717, 1.165) is 18.1 Å². The zero-order valence-electron chi connectivity index (χ0n) is 9.08. The smallest absolute Gasteiger partial charge is 0.248 e. The van der Waals surface area contributed by atoms with Gasteiger partial charge in [0.2, 0.25) is 11.1 Å². The Morgan fingerprint density at radius 2 is 2.44 bits per heavy atom. The number of rotatable bonds is 5. The first-order chi connectivity index (χ1) is 7.81. The summed E-state index contributed by atoms with van der Waals surface area (Å²) < 4.78 is 6.06. The van der Waals surface area contributed by atoms with E-state index in [1.165, 1.54) is 11.5 Å². The number of imidazole rings is 1. The second-order valence-corrected chi connectivity index (χ2v) is 4.14. The van der Waals surface area contributed by atoms with Gasteiger partial charge in [-0.15, -0.1) is 0 Å². The van der Waals surface area contributed by atoms with Crippen LogP contribution in [0, 0.1) is 0 Å². The maximum Gasteiger partial charge on any atom is 0.248 e. The van der Waals surface area contributed by atoms with Gasteiger partial charge in [-0.2, -0.15) is 9.36 Å². The number of hydrogen-bond acceptors (Lipinski definition) is 6. The molecule has 2 aromatic rings. The maximum absolute atomic E-state index is 5.47. The summed E-state index contributed by atoms with van der Waals surface area (Å²) in [5.74, 6) is 0.664. The van der Waals surface area contributed by atoms with Gasteiger partial charge in [-0.25, -0.2) is 4.98 Å². The van der Waals surface area contributed by atoms with Crippen LogP contribution in [-0.4, -0.2) is 39.0 Å². The van der Waals surface area contributed by atoms with Crippen molar-refractivity contribution in [2.75, 3.05) is 25.0 Å². The molecule has 0 radical (unpaired) electrons. The molecule has 2 N–H and O–H groups in total. The van der Waals surface area contributed by atoms with Gasteiger partial charge in [-0.1, -0.05) is 0 Å². The first-order valence-electron chi connectivity index (χ1n) is 5.04. The standard InChI is InChI=1S/C9H14N6S/c1-14(5-2-3-10)9-12-8(13-16-9)15-6-4-11-7-15/h4,6-7H,2-3,5,10H2,1H3. The molecule has 7 heteroatoms. The van der Waals surface area contributed by atoms with Crippen LogP contribution in [0.15, 0.2) is 18.7 Å². The third kappa shape index (κ3) is 2.37. The molecule has 6 nitrogen and oxygen atoms in total. The predicted molar refractivity (Wildman–Crippen MR) is 64.0 cm³/mol. The fourth-order valence-corrected chi connectivity index (χ4v) is 1.92. The topological polar surface area (TPSA) is 72.9 Å².